The van der Waals surface area contributed by atoms with Crippen molar-refractivity contribution in [1.82, 2.24) is 9.66 Å². The minimum absolute atomic E-state index is 0.0456. The van der Waals surface area contributed by atoms with Crippen molar-refractivity contribution < 1.29 is 9.53 Å². The van der Waals surface area contributed by atoms with E-state index >= 15 is 0 Å². The molecule has 5 aromatic rings. The molecule has 1 heterocycles. The molecule has 5 rings (SSSR count). The van der Waals surface area contributed by atoms with Crippen LogP contribution in [-0.2, 0) is 0 Å². The highest BCUT2D eigenvalue weighted by Crippen LogP contribution is 2.19. The van der Waals surface area contributed by atoms with Crippen LogP contribution >= 0.6 is 0 Å². The van der Waals surface area contributed by atoms with Gasteiger partial charge in [-0.25, -0.2) is 4.98 Å². The summed E-state index contributed by atoms with van der Waals surface area (Å²) in [6.45, 7) is -0.0456. The Morgan fingerprint density at radius 2 is 1.49 bits per heavy atom. The summed E-state index contributed by atoms with van der Waals surface area (Å²) in [5.74, 6) is 0.943. The summed E-state index contributed by atoms with van der Waals surface area (Å²) in [6.07, 6.45) is 1.60. The summed E-state index contributed by atoms with van der Waals surface area (Å²) < 4.78 is 6.95. The number of hydrogen-bond acceptors (Lipinski definition) is 5. The Labute approximate surface area is 201 Å². The van der Waals surface area contributed by atoms with Gasteiger partial charge in [-0.3, -0.25) is 9.59 Å². The molecule has 35 heavy (non-hydrogen) atoms. The van der Waals surface area contributed by atoms with Gasteiger partial charge in [0.2, 0.25) is 0 Å². The van der Waals surface area contributed by atoms with E-state index in [1.54, 1.807) is 36.5 Å². The normalized spacial score (nSPS) is 11.1. The highest BCUT2D eigenvalue weighted by atomic mass is 16.5. The zero-order valence-corrected chi connectivity index (χ0v) is 18.7. The first kappa shape index (κ1) is 22.0. The Hall–Kier alpha value is -4.84. The molecule has 6 heteroatoms. The van der Waals surface area contributed by atoms with E-state index in [1.165, 1.54) is 4.68 Å². The molecule has 0 bridgehead atoms. The molecule has 0 radical (unpaired) electrons. The van der Waals surface area contributed by atoms with E-state index in [2.05, 4.69) is 5.10 Å². The number of ether oxygens (including phenoxy) is 1. The first-order chi connectivity index (χ1) is 17.2. The standard InChI is InChI=1S/C29H21N3O3/c33-27(22-9-3-1-4-10-22)20-35-24-17-15-21(16-18-24)19-30-32-28(23-11-5-2-6-12-23)31-26-14-8-7-13-25(26)29(32)34/h1-19H,20H2/b30-19+. The third-order valence-corrected chi connectivity index (χ3v) is 5.45. The van der Waals surface area contributed by atoms with Crippen LogP contribution in [-0.4, -0.2) is 28.3 Å². The van der Waals surface area contributed by atoms with Crippen LogP contribution in [0.1, 0.15) is 15.9 Å². The maximum Gasteiger partial charge on any atom is 0.282 e. The predicted molar refractivity (Wildman–Crippen MR) is 137 cm³/mol. The van der Waals surface area contributed by atoms with Crippen molar-refractivity contribution in [3.05, 3.63) is 131 Å². The predicted octanol–water partition coefficient (Wildman–Crippen LogP) is 5.21. The van der Waals surface area contributed by atoms with E-state index in [0.717, 1.165) is 11.1 Å². The Bertz CT molecular complexity index is 1560. The number of para-hydroxylation sites is 1. The minimum atomic E-state index is -0.245. The topological polar surface area (TPSA) is 73.5 Å². The van der Waals surface area contributed by atoms with Gasteiger partial charge < -0.3 is 4.74 Å². The Balaban J connectivity index is 1.39. The van der Waals surface area contributed by atoms with Crippen LogP contribution in [0, 0.1) is 0 Å². The fraction of sp³-hybridized carbons (Fsp3) is 0.0345. The van der Waals surface area contributed by atoms with E-state index in [4.69, 9.17) is 9.72 Å². The number of rotatable bonds is 7. The number of carbonyl (C=O) groups is 1. The van der Waals surface area contributed by atoms with E-state index < -0.39 is 0 Å². The van der Waals surface area contributed by atoms with Crippen molar-refractivity contribution >= 4 is 22.9 Å². The number of Topliss-reactive ketones (excluding diaryl/α,β-unsaturated/α-hetero) is 1. The van der Waals surface area contributed by atoms with Crippen molar-refractivity contribution in [3.63, 3.8) is 0 Å². The number of benzene rings is 4. The summed E-state index contributed by atoms with van der Waals surface area (Å²) in [6, 6.07) is 32.9. The smallest absolute Gasteiger partial charge is 0.282 e. The Morgan fingerprint density at radius 1 is 0.829 bits per heavy atom. The average Bonchev–Trinajstić information content (AvgIpc) is 2.92. The molecule has 4 aromatic carbocycles. The Kier molecular flexibility index (Phi) is 6.26. The zero-order chi connectivity index (χ0) is 24.0. The maximum absolute atomic E-state index is 13.2. The number of hydrogen-bond donors (Lipinski definition) is 0. The zero-order valence-electron chi connectivity index (χ0n) is 18.7. The van der Waals surface area contributed by atoms with Gasteiger partial charge in [0.25, 0.3) is 5.56 Å². The number of fused-ring (bicyclic) bond motifs is 1. The molecule has 1 aromatic heterocycles. The third kappa shape index (κ3) is 4.91. The van der Waals surface area contributed by atoms with E-state index in [1.807, 2.05) is 78.9 Å². The maximum atomic E-state index is 13.2. The Morgan fingerprint density at radius 3 is 2.23 bits per heavy atom. The summed E-state index contributed by atoms with van der Waals surface area (Å²) >= 11 is 0. The number of nitrogens with zero attached hydrogens (tertiary/aromatic N) is 3. The van der Waals surface area contributed by atoms with Gasteiger partial charge >= 0.3 is 0 Å². The monoisotopic (exact) mass is 459 g/mol. The van der Waals surface area contributed by atoms with Gasteiger partial charge in [-0.2, -0.15) is 9.78 Å². The molecule has 6 nitrogen and oxygen atoms in total. The quantitative estimate of drug-likeness (QED) is 0.247. The van der Waals surface area contributed by atoms with Crippen LogP contribution in [0.3, 0.4) is 0 Å². The summed E-state index contributed by atoms with van der Waals surface area (Å²) in [7, 11) is 0. The molecule has 0 spiro atoms. The lowest BCUT2D eigenvalue weighted by Crippen LogP contribution is -2.20. The number of aromatic nitrogens is 2. The van der Waals surface area contributed by atoms with Gasteiger partial charge in [-0.1, -0.05) is 72.8 Å². The van der Waals surface area contributed by atoms with Crippen molar-refractivity contribution in [1.29, 1.82) is 0 Å². The van der Waals surface area contributed by atoms with E-state index in [0.29, 0.717) is 28.0 Å². The highest BCUT2D eigenvalue weighted by molar-refractivity contribution is 5.97. The SMILES string of the molecule is O=C(COc1ccc(/C=N/n2c(-c3ccccc3)nc3ccccc3c2=O)cc1)c1ccccc1. The molecule has 0 unspecified atom stereocenters. The second-order valence-electron chi connectivity index (χ2n) is 7.83. The average molecular weight is 460 g/mol. The van der Waals surface area contributed by atoms with E-state index in [9.17, 15) is 9.59 Å². The van der Waals surface area contributed by atoms with Gasteiger partial charge in [0.05, 0.1) is 17.1 Å². The van der Waals surface area contributed by atoms with Crippen LogP contribution < -0.4 is 10.3 Å². The molecular formula is C29H21N3O3. The lowest BCUT2D eigenvalue weighted by molar-refractivity contribution is 0.0921. The molecule has 0 fully saturated rings. The first-order valence-electron chi connectivity index (χ1n) is 11.1. The molecule has 0 aliphatic rings. The summed E-state index contributed by atoms with van der Waals surface area (Å²) in [4.78, 5) is 30.2. The third-order valence-electron chi connectivity index (χ3n) is 5.45. The van der Waals surface area contributed by atoms with Crippen molar-refractivity contribution in [3.8, 4) is 17.1 Å². The molecule has 0 aliphatic carbocycles. The van der Waals surface area contributed by atoms with Crippen LogP contribution in [0.5, 0.6) is 5.75 Å². The van der Waals surface area contributed by atoms with Crippen LogP contribution in [0.4, 0.5) is 0 Å². The van der Waals surface area contributed by atoms with Gasteiger partial charge in [0.15, 0.2) is 18.2 Å². The van der Waals surface area contributed by atoms with Crippen molar-refractivity contribution in [2.45, 2.75) is 0 Å². The second-order valence-corrected chi connectivity index (χ2v) is 7.83. The summed E-state index contributed by atoms with van der Waals surface area (Å²) in [5, 5.41) is 4.96. The number of carbonyl (C=O) groups excluding carboxylic acids is 1. The molecule has 0 saturated heterocycles. The second kappa shape index (κ2) is 9.97. The largest absolute Gasteiger partial charge is 0.485 e. The van der Waals surface area contributed by atoms with Crippen LogP contribution in [0.2, 0.25) is 0 Å². The van der Waals surface area contributed by atoms with E-state index in [-0.39, 0.29) is 17.9 Å². The van der Waals surface area contributed by atoms with Gasteiger partial charge in [0.1, 0.15) is 5.75 Å². The molecular weight excluding hydrogens is 438 g/mol. The minimum Gasteiger partial charge on any atom is -0.485 e. The molecule has 0 amide bonds. The molecule has 0 saturated carbocycles. The van der Waals surface area contributed by atoms with Crippen molar-refractivity contribution in [2.75, 3.05) is 6.61 Å². The van der Waals surface area contributed by atoms with Crippen LogP contribution in [0.25, 0.3) is 22.3 Å². The molecule has 170 valence electrons. The lowest BCUT2D eigenvalue weighted by atomic mass is 10.1. The summed E-state index contributed by atoms with van der Waals surface area (Å²) in [5.41, 5.74) is 2.55. The number of ketones is 1. The van der Waals surface area contributed by atoms with Gasteiger partial charge in [-0.05, 0) is 42.0 Å². The molecule has 0 aliphatic heterocycles. The van der Waals surface area contributed by atoms with Gasteiger partial charge in [0, 0.05) is 11.1 Å². The fourth-order valence-electron chi connectivity index (χ4n) is 3.64. The molecule has 0 atom stereocenters. The van der Waals surface area contributed by atoms with Gasteiger partial charge in [-0.15, -0.1) is 0 Å². The van der Waals surface area contributed by atoms with Crippen LogP contribution in [0.15, 0.2) is 119 Å². The fourth-order valence-corrected chi connectivity index (χ4v) is 3.64. The molecule has 0 N–H and O–H groups in total. The lowest BCUT2D eigenvalue weighted by Gasteiger charge is -2.09. The highest BCUT2D eigenvalue weighted by Gasteiger charge is 2.12. The van der Waals surface area contributed by atoms with Crippen molar-refractivity contribution in [2.24, 2.45) is 5.10 Å². The first-order valence-corrected chi connectivity index (χ1v) is 11.1.